The van der Waals surface area contributed by atoms with E-state index in [2.05, 4.69) is 10.3 Å². The largest absolute Gasteiger partial charge is 0.445 e. The summed E-state index contributed by atoms with van der Waals surface area (Å²) in [5.74, 6) is 0. The van der Waals surface area contributed by atoms with E-state index in [1.165, 1.54) is 4.88 Å². The predicted molar refractivity (Wildman–Crippen MR) is 101 cm³/mol. The van der Waals surface area contributed by atoms with Crippen molar-refractivity contribution in [1.29, 1.82) is 0 Å². The summed E-state index contributed by atoms with van der Waals surface area (Å²) in [6.45, 7) is 7.45. The van der Waals surface area contributed by atoms with Crippen LogP contribution in [0, 0.1) is 13.8 Å². The van der Waals surface area contributed by atoms with E-state index in [-0.39, 0.29) is 12.2 Å². The van der Waals surface area contributed by atoms with Crippen LogP contribution >= 0.6 is 11.3 Å². The van der Waals surface area contributed by atoms with Gasteiger partial charge in [0.15, 0.2) is 0 Å². The smallest absolute Gasteiger partial charge is 0.410 e. The van der Waals surface area contributed by atoms with Crippen molar-refractivity contribution < 1.29 is 14.3 Å². The zero-order valence-corrected chi connectivity index (χ0v) is 16.1. The third-order valence-corrected chi connectivity index (χ3v) is 5.33. The molecule has 3 rings (SSSR count). The molecule has 2 aromatic rings. The minimum Gasteiger partial charge on any atom is -0.445 e. The number of nitrogens with one attached hydrogen (secondary N) is 1. The molecule has 6 nitrogen and oxygen atoms in total. The maximum absolute atomic E-state index is 12.3. The van der Waals surface area contributed by atoms with Crippen LogP contribution in [0.5, 0.6) is 0 Å². The van der Waals surface area contributed by atoms with E-state index in [1.54, 1.807) is 16.2 Å². The minimum atomic E-state index is -0.281. The molecule has 1 fully saturated rings. The molecule has 1 unspecified atom stereocenters. The summed E-state index contributed by atoms with van der Waals surface area (Å²) in [5.41, 5.74) is 2.07. The molecule has 2 heterocycles. The maximum Gasteiger partial charge on any atom is 0.410 e. The van der Waals surface area contributed by atoms with Crippen LogP contribution in [0.4, 0.5) is 4.79 Å². The van der Waals surface area contributed by atoms with Gasteiger partial charge < -0.3 is 19.7 Å². The lowest BCUT2D eigenvalue weighted by Crippen LogP contribution is -2.49. The second kappa shape index (κ2) is 9.12. The van der Waals surface area contributed by atoms with Crippen LogP contribution in [0.3, 0.4) is 0 Å². The second-order valence-corrected chi connectivity index (χ2v) is 7.64. The molecule has 1 saturated heterocycles. The fourth-order valence-electron chi connectivity index (χ4n) is 2.90. The Labute approximate surface area is 158 Å². The molecule has 1 atom stereocenters. The summed E-state index contributed by atoms with van der Waals surface area (Å²) in [7, 11) is 0. The first-order valence-corrected chi connectivity index (χ1v) is 9.64. The van der Waals surface area contributed by atoms with Crippen LogP contribution in [0.25, 0.3) is 0 Å². The third-order valence-electron chi connectivity index (χ3n) is 4.26. The number of rotatable bonds is 6. The first-order valence-electron chi connectivity index (χ1n) is 8.82. The zero-order valence-electron chi connectivity index (χ0n) is 15.2. The molecule has 1 aromatic heterocycles. The minimum absolute atomic E-state index is 0.0256. The lowest BCUT2D eigenvalue weighted by atomic mass is 10.2. The fourth-order valence-corrected chi connectivity index (χ4v) is 3.81. The highest BCUT2D eigenvalue weighted by Crippen LogP contribution is 2.16. The van der Waals surface area contributed by atoms with E-state index in [1.807, 2.05) is 44.2 Å². The van der Waals surface area contributed by atoms with E-state index < -0.39 is 0 Å². The van der Waals surface area contributed by atoms with Gasteiger partial charge in [0, 0.05) is 24.5 Å². The van der Waals surface area contributed by atoms with Crippen molar-refractivity contribution in [2.75, 3.05) is 26.2 Å². The fraction of sp³-hybridized carbons (Fsp3) is 0.474. The Hall–Kier alpha value is -1.96. The molecule has 1 aliphatic rings. The second-order valence-electron chi connectivity index (χ2n) is 6.35. The van der Waals surface area contributed by atoms with Crippen LogP contribution in [0.2, 0.25) is 0 Å². The topological polar surface area (TPSA) is 63.7 Å². The van der Waals surface area contributed by atoms with Crippen molar-refractivity contribution in [3.63, 3.8) is 0 Å². The van der Waals surface area contributed by atoms with Crippen LogP contribution < -0.4 is 5.32 Å². The SMILES string of the molecule is Cc1nc(C)c(CNCC2CN(C(=O)OCc3ccccc3)CCO2)s1. The lowest BCUT2D eigenvalue weighted by Gasteiger charge is -2.32. The molecular weight excluding hydrogens is 350 g/mol. The zero-order chi connectivity index (χ0) is 18.4. The number of aryl methyl sites for hydroxylation is 2. The Bertz CT molecular complexity index is 720. The van der Waals surface area contributed by atoms with Gasteiger partial charge in [0.05, 0.1) is 30.0 Å². The summed E-state index contributed by atoms with van der Waals surface area (Å²) >= 11 is 1.71. The number of carbonyl (C=O) groups excluding carboxylic acids is 1. The summed E-state index contributed by atoms with van der Waals surface area (Å²) in [4.78, 5) is 19.7. The Morgan fingerprint density at radius 1 is 1.38 bits per heavy atom. The molecule has 1 aliphatic heterocycles. The molecule has 1 amide bonds. The summed E-state index contributed by atoms with van der Waals surface area (Å²) in [6, 6.07) is 9.71. The van der Waals surface area contributed by atoms with Crippen molar-refractivity contribution >= 4 is 17.4 Å². The van der Waals surface area contributed by atoms with Gasteiger partial charge in [-0.25, -0.2) is 9.78 Å². The number of ether oxygens (including phenoxy) is 2. The number of amides is 1. The van der Waals surface area contributed by atoms with Crippen molar-refractivity contribution in [3.8, 4) is 0 Å². The number of hydrogen-bond acceptors (Lipinski definition) is 6. The molecule has 7 heteroatoms. The number of carbonyl (C=O) groups is 1. The average Bonchev–Trinajstić information content (AvgIpc) is 2.98. The standard InChI is InChI=1S/C19H25N3O3S/c1-14-18(26-15(2)21-14)11-20-10-17-12-22(8-9-24-17)19(23)25-13-16-6-4-3-5-7-16/h3-7,17,20H,8-13H2,1-2H3. The Morgan fingerprint density at radius 2 is 2.19 bits per heavy atom. The summed E-state index contributed by atoms with van der Waals surface area (Å²) < 4.78 is 11.2. The lowest BCUT2D eigenvalue weighted by molar-refractivity contribution is -0.0271. The molecule has 140 valence electrons. The Kier molecular flexibility index (Phi) is 6.60. The summed E-state index contributed by atoms with van der Waals surface area (Å²) in [5, 5.41) is 4.49. The van der Waals surface area contributed by atoms with E-state index in [4.69, 9.17) is 9.47 Å². The Morgan fingerprint density at radius 3 is 2.92 bits per heavy atom. The quantitative estimate of drug-likeness (QED) is 0.841. The monoisotopic (exact) mass is 375 g/mol. The number of aromatic nitrogens is 1. The number of thiazole rings is 1. The van der Waals surface area contributed by atoms with Crippen LogP contribution in [-0.2, 0) is 22.6 Å². The summed E-state index contributed by atoms with van der Waals surface area (Å²) in [6.07, 6.45) is -0.307. The van der Waals surface area contributed by atoms with Gasteiger partial charge in [0.25, 0.3) is 0 Å². The van der Waals surface area contributed by atoms with Crippen molar-refractivity contribution in [1.82, 2.24) is 15.2 Å². The van der Waals surface area contributed by atoms with Gasteiger partial charge in [-0.3, -0.25) is 0 Å². The van der Waals surface area contributed by atoms with Gasteiger partial charge in [0.2, 0.25) is 0 Å². The molecule has 0 aliphatic carbocycles. The average molecular weight is 375 g/mol. The van der Waals surface area contributed by atoms with E-state index in [0.717, 1.165) is 22.8 Å². The molecule has 0 radical (unpaired) electrons. The molecule has 0 bridgehead atoms. The highest BCUT2D eigenvalue weighted by Gasteiger charge is 2.25. The van der Waals surface area contributed by atoms with Gasteiger partial charge >= 0.3 is 6.09 Å². The molecule has 26 heavy (non-hydrogen) atoms. The van der Waals surface area contributed by atoms with Crippen LogP contribution in [0.1, 0.15) is 21.1 Å². The number of morpholine rings is 1. The van der Waals surface area contributed by atoms with Crippen molar-refractivity contribution in [2.45, 2.75) is 33.1 Å². The first-order chi connectivity index (χ1) is 12.6. The van der Waals surface area contributed by atoms with Gasteiger partial charge in [-0.15, -0.1) is 11.3 Å². The van der Waals surface area contributed by atoms with Crippen LogP contribution in [0.15, 0.2) is 30.3 Å². The Balaban J connectivity index is 1.41. The number of benzene rings is 1. The molecule has 1 aromatic carbocycles. The van der Waals surface area contributed by atoms with Crippen molar-refractivity contribution in [2.24, 2.45) is 0 Å². The normalized spacial score (nSPS) is 17.3. The highest BCUT2D eigenvalue weighted by atomic mass is 32.1. The first kappa shape index (κ1) is 18.8. The van der Waals surface area contributed by atoms with Crippen molar-refractivity contribution in [3.05, 3.63) is 51.5 Å². The van der Waals surface area contributed by atoms with E-state index >= 15 is 0 Å². The van der Waals surface area contributed by atoms with Gasteiger partial charge in [-0.2, -0.15) is 0 Å². The molecule has 0 saturated carbocycles. The number of nitrogens with zero attached hydrogens (tertiary/aromatic N) is 2. The van der Waals surface area contributed by atoms with E-state index in [9.17, 15) is 4.79 Å². The van der Waals surface area contributed by atoms with E-state index in [0.29, 0.717) is 32.8 Å². The predicted octanol–water partition coefficient (Wildman–Crippen LogP) is 2.89. The van der Waals surface area contributed by atoms with Gasteiger partial charge in [-0.05, 0) is 19.4 Å². The van der Waals surface area contributed by atoms with Crippen LogP contribution in [-0.4, -0.2) is 48.3 Å². The van der Waals surface area contributed by atoms with Gasteiger partial charge in [-0.1, -0.05) is 30.3 Å². The molecular formula is C19H25N3O3S. The maximum atomic E-state index is 12.3. The van der Waals surface area contributed by atoms with Gasteiger partial charge in [0.1, 0.15) is 6.61 Å². The third kappa shape index (κ3) is 5.27. The molecule has 0 spiro atoms. The molecule has 1 N–H and O–H groups in total. The number of hydrogen-bond donors (Lipinski definition) is 1. The highest BCUT2D eigenvalue weighted by molar-refractivity contribution is 7.11.